The van der Waals surface area contributed by atoms with Gasteiger partial charge in [-0.25, -0.2) is 0 Å². The van der Waals surface area contributed by atoms with Crippen LogP contribution in [0.3, 0.4) is 0 Å². The summed E-state index contributed by atoms with van der Waals surface area (Å²) in [5, 5.41) is 0. The van der Waals surface area contributed by atoms with Gasteiger partial charge in [0.2, 0.25) is 0 Å². The van der Waals surface area contributed by atoms with Crippen LogP contribution >= 0.6 is 0 Å². The van der Waals surface area contributed by atoms with Crippen LogP contribution in [0.2, 0.25) is 12.1 Å². The van der Waals surface area contributed by atoms with Gasteiger partial charge in [-0.15, -0.1) is 0 Å². The van der Waals surface area contributed by atoms with Crippen molar-refractivity contribution in [1.82, 2.24) is 4.57 Å². The van der Waals surface area contributed by atoms with E-state index in [9.17, 15) is 0 Å². The molecule has 0 amide bonds. The molecule has 0 aliphatic carbocycles. The summed E-state index contributed by atoms with van der Waals surface area (Å²) in [5.41, 5.74) is 2.51. The zero-order valence-electron chi connectivity index (χ0n) is 18.6. The smallest absolute Gasteiger partial charge is 0.413 e. The second kappa shape index (κ2) is 12.5. The maximum atomic E-state index is 6.46. The van der Waals surface area contributed by atoms with E-state index >= 15 is 0 Å². The van der Waals surface area contributed by atoms with Gasteiger partial charge in [-0.3, -0.25) is 4.57 Å². The van der Waals surface area contributed by atoms with E-state index in [1.54, 1.807) is 0 Å². The molecule has 0 bridgehead atoms. The molecule has 6 heteroatoms. The first-order valence-corrected chi connectivity index (χ1v) is 14.9. The van der Waals surface area contributed by atoms with Gasteiger partial charge in [0.25, 0.3) is 0 Å². The highest BCUT2D eigenvalue weighted by Gasteiger charge is 2.46. The van der Waals surface area contributed by atoms with E-state index in [1.807, 2.05) is 14.2 Å². The molecule has 1 aliphatic rings. The Labute approximate surface area is 185 Å². The Hall–Kier alpha value is -1.29. The highest BCUT2D eigenvalue weighted by Crippen LogP contribution is 2.28. The first kappa shape index (κ1) is 23.4. The third-order valence-electron chi connectivity index (χ3n) is 6.10. The van der Waals surface area contributed by atoms with Crippen LogP contribution in [0.5, 0.6) is 0 Å². The molecule has 30 heavy (non-hydrogen) atoms. The molecule has 164 valence electrons. The standard InChI is InChI=1S/C24H37NO3Si2/c1-26-30(27-2)21-13-19-25(30)18-11-3-4-12-20-29-28-24(22-14-7-5-8-15-22)23-16-9-6-10-17-23/h5-10,14-17,24H,3-4,11-13,18-21,29H2,1-2H3. The van der Waals surface area contributed by atoms with Gasteiger partial charge in [0, 0.05) is 20.3 Å². The van der Waals surface area contributed by atoms with Gasteiger partial charge in [-0.1, -0.05) is 79.9 Å². The Morgan fingerprint density at radius 1 is 0.867 bits per heavy atom. The molecule has 0 unspecified atom stereocenters. The topological polar surface area (TPSA) is 30.9 Å². The summed E-state index contributed by atoms with van der Waals surface area (Å²) >= 11 is 0. The Bertz CT molecular complexity index is 673. The number of hydrogen-bond donors (Lipinski definition) is 0. The number of hydrogen-bond acceptors (Lipinski definition) is 4. The minimum atomic E-state index is -2.05. The van der Waals surface area contributed by atoms with E-state index in [0.29, 0.717) is 0 Å². The van der Waals surface area contributed by atoms with E-state index in [1.165, 1.54) is 49.3 Å². The van der Waals surface area contributed by atoms with Crippen LogP contribution in [0.15, 0.2) is 60.7 Å². The summed E-state index contributed by atoms with van der Waals surface area (Å²) in [6.45, 7) is 2.25. The summed E-state index contributed by atoms with van der Waals surface area (Å²) in [6, 6.07) is 23.6. The fourth-order valence-corrected chi connectivity index (χ4v) is 8.78. The molecule has 1 fully saturated rings. The minimum Gasteiger partial charge on any atom is -0.413 e. The lowest BCUT2D eigenvalue weighted by molar-refractivity contribution is 0.181. The second-order valence-corrected chi connectivity index (χ2v) is 12.9. The largest absolute Gasteiger partial charge is 0.427 e. The van der Waals surface area contributed by atoms with E-state index < -0.39 is 18.5 Å². The predicted molar refractivity (Wildman–Crippen MR) is 128 cm³/mol. The van der Waals surface area contributed by atoms with Crippen LogP contribution in [0.1, 0.15) is 49.3 Å². The van der Waals surface area contributed by atoms with Crippen LogP contribution in [0.4, 0.5) is 0 Å². The van der Waals surface area contributed by atoms with E-state index in [2.05, 4.69) is 65.2 Å². The van der Waals surface area contributed by atoms with Gasteiger partial charge in [0.05, 0.1) is 6.10 Å². The average Bonchev–Trinajstić information content (AvgIpc) is 3.22. The van der Waals surface area contributed by atoms with Gasteiger partial charge in [-0.05, 0) is 43.1 Å². The summed E-state index contributed by atoms with van der Waals surface area (Å²) in [4.78, 5) is 0. The number of nitrogens with zero attached hydrogens (tertiary/aromatic N) is 1. The summed E-state index contributed by atoms with van der Waals surface area (Å²) in [7, 11) is 1.04. The van der Waals surface area contributed by atoms with Crippen LogP contribution in [0.25, 0.3) is 0 Å². The average molecular weight is 444 g/mol. The summed E-state index contributed by atoms with van der Waals surface area (Å²) in [5.74, 6) is 0. The predicted octanol–water partition coefficient (Wildman–Crippen LogP) is 4.79. The first-order chi connectivity index (χ1) is 14.8. The van der Waals surface area contributed by atoms with Crippen LogP contribution in [-0.4, -0.2) is 50.4 Å². The molecule has 1 saturated heterocycles. The maximum Gasteiger partial charge on any atom is 0.427 e. The van der Waals surface area contributed by atoms with E-state index in [0.717, 1.165) is 19.1 Å². The van der Waals surface area contributed by atoms with Crippen LogP contribution in [-0.2, 0) is 13.3 Å². The zero-order valence-corrected chi connectivity index (χ0v) is 21.0. The molecule has 0 saturated carbocycles. The maximum absolute atomic E-state index is 6.46. The van der Waals surface area contributed by atoms with Crippen molar-refractivity contribution >= 4 is 18.5 Å². The first-order valence-electron chi connectivity index (χ1n) is 11.4. The Balaban J connectivity index is 1.35. The monoisotopic (exact) mass is 443 g/mol. The Morgan fingerprint density at radius 3 is 2.07 bits per heavy atom. The number of benzene rings is 2. The zero-order chi connectivity index (χ0) is 21.1. The molecular weight excluding hydrogens is 406 g/mol. The van der Waals surface area contributed by atoms with Crippen molar-refractivity contribution in [2.24, 2.45) is 0 Å². The molecule has 1 heterocycles. The van der Waals surface area contributed by atoms with E-state index in [4.69, 9.17) is 13.3 Å². The Morgan fingerprint density at radius 2 is 1.47 bits per heavy atom. The second-order valence-electron chi connectivity index (χ2n) is 8.05. The van der Waals surface area contributed by atoms with Gasteiger partial charge in [0.15, 0.2) is 9.76 Å². The van der Waals surface area contributed by atoms with Crippen molar-refractivity contribution in [3.05, 3.63) is 71.8 Å². The highest BCUT2D eigenvalue weighted by molar-refractivity contribution is 6.65. The van der Waals surface area contributed by atoms with Crippen molar-refractivity contribution < 1.29 is 13.3 Å². The molecule has 1 aliphatic heterocycles. The quantitative estimate of drug-likeness (QED) is 0.329. The molecule has 0 spiro atoms. The SMILES string of the molecule is CO[Si]1(OC)CCCN1CCCCCC[SiH2]OC(c1ccccc1)c1ccccc1. The highest BCUT2D eigenvalue weighted by atomic mass is 28.4. The minimum absolute atomic E-state index is 0.0791. The molecule has 2 aromatic rings. The molecule has 3 rings (SSSR count). The van der Waals surface area contributed by atoms with Crippen molar-refractivity contribution in [2.75, 3.05) is 27.3 Å². The van der Waals surface area contributed by atoms with Crippen molar-refractivity contribution in [3.63, 3.8) is 0 Å². The fourth-order valence-electron chi connectivity index (χ4n) is 4.43. The third kappa shape index (κ3) is 6.36. The molecule has 0 atom stereocenters. The normalized spacial score (nSPS) is 16.8. The molecular formula is C24H37NO3Si2. The molecule has 4 nitrogen and oxygen atoms in total. The van der Waals surface area contributed by atoms with Crippen LogP contribution < -0.4 is 0 Å². The third-order valence-corrected chi connectivity index (χ3v) is 11.1. The molecule has 0 radical (unpaired) electrons. The fraction of sp³-hybridized carbons (Fsp3) is 0.500. The Kier molecular flexibility index (Phi) is 9.77. The number of rotatable bonds is 13. The molecule has 2 aromatic carbocycles. The lowest BCUT2D eigenvalue weighted by Crippen LogP contribution is -2.53. The van der Waals surface area contributed by atoms with Crippen molar-refractivity contribution in [2.45, 2.75) is 50.3 Å². The van der Waals surface area contributed by atoms with Crippen molar-refractivity contribution in [3.8, 4) is 0 Å². The molecule has 0 aromatic heterocycles. The molecule has 0 N–H and O–H groups in total. The number of unbranched alkanes of at least 4 members (excludes halogenated alkanes) is 3. The lowest BCUT2D eigenvalue weighted by Gasteiger charge is -2.31. The van der Waals surface area contributed by atoms with Gasteiger partial charge >= 0.3 is 8.72 Å². The summed E-state index contributed by atoms with van der Waals surface area (Å²) in [6.07, 6.45) is 6.38. The summed E-state index contributed by atoms with van der Waals surface area (Å²) < 4.78 is 20.6. The van der Waals surface area contributed by atoms with E-state index in [-0.39, 0.29) is 6.10 Å². The van der Waals surface area contributed by atoms with Gasteiger partial charge in [-0.2, -0.15) is 0 Å². The van der Waals surface area contributed by atoms with Gasteiger partial charge in [0.1, 0.15) is 0 Å². The van der Waals surface area contributed by atoms with Crippen molar-refractivity contribution in [1.29, 1.82) is 0 Å². The lowest BCUT2D eigenvalue weighted by atomic mass is 10.0. The van der Waals surface area contributed by atoms with Gasteiger partial charge < -0.3 is 13.3 Å². The van der Waals surface area contributed by atoms with Crippen LogP contribution in [0, 0.1) is 0 Å².